The Bertz CT molecular complexity index is 341. The zero-order valence-corrected chi connectivity index (χ0v) is 9.49. The van der Waals surface area contributed by atoms with Crippen molar-refractivity contribution in [2.75, 3.05) is 17.9 Å². The molecule has 0 aromatic heterocycles. The second-order valence-electron chi connectivity index (χ2n) is 2.88. The van der Waals surface area contributed by atoms with E-state index >= 15 is 0 Å². The summed E-state index contributed by atoms with van der Waals surface area (Å²) < 4.78 is 0. The van der Waals surface area contributed by atoms with Gasteiger partial charge in [-0.2, -0.15) is 0 Å². The topological polar surface area (TPSA) is 43.1 Å². The van der Waals surface area contributed by atoms with Gasteiger partial charge in [0.15, 0.2) is 5.78 Å². The summed E-state index contributed by atoms with van der Waals surface area (Å²) >= 11 is 7.01. The van der Waals surface area contributed by atoms with E-state index in [1.54, 1.807) is 11.8 Å². The highest BCUT2D eigenvalue weighted by atomic mass is 35.5. The van der Waals surface area contributed by atoms with Gasteiger partial charge in [-0.15, -0.1) is 23.4 Å². The van der Waals surface area contributed by atoms with Crippen LogP contribution >= 0.6 is 23.4 Å². The molecule has 0 bridgehead atoms. The van der Waals surface area contributed by atoms with E-state index in [-0.39, 0.29) is 11.7 Å². The average molecular weight is 230 g/mol. The molecule has 2 nitrogen and oxygen atoms in total. The molecule has 1 rings (SSSR count). The van der Waals surface area contributed by atoms with Crippen LogP contribution in [-0.4, -0.2) is 17.9 Å². The van der Waals surface area contributed by atoms with Gasteiger partial charge in [0, 0.05) is 17.0 Å². The first-order chi connectivity index (χ1) is 6.69. The molecule has 0 unspecified atom stereocenters. The highest BCUT2D eigenvalue weighted by Crippen LogP contribution is 2.26. The molecule has 0 amide bonds. The van der Waals surface area contributed by atoms with Crippen molar-refractivity contribution >= 4 is 34.8 Å². The Morgan fingerprint density at radius 2 is 2.29 bits per heavy atom. The monoisotopic (exact) mass is 229 g/mol. The number of alkyl halides is 1. The molecule has 0 aliphatic heterocycles. The Kier molecular flexibility index (Phi) is 4.29. The van der Waals surface area contributed by atoms with E-state index in [1.807, 2.05) is 24.5 Å². The van der Waals surface area contributed by atoms with E-state index in [0.717, 1.165) is 10.5 Å². The van der Waals surface area contributed by atoms with Gasteiger partial charge in [0.2, 0.25) is 0 Å². The van der Waals surface area contributed by atoms with Crippen molar-refractivity contribution in [2.45, 2.75) is 11.3 Å². The van der Waals surface area contributed by atoms with Crippen LogP contribution in [-0.2, 0) is 11.2 Å². The number of nitrogen functional groups attached to an aromatic ring is 1. The van der Waals surface area contributed by atoms with Crippen molar-refractivity contribution in [2.24, 2.45) is 0 Å². The molecular formula is C10H12ClNOS. The second kappa shape index (κ2) is 5.27. The van der Waals surface area contributed by atoms with E-state index in [9.17, 15) is 4.79 Å². The van der Waals surface area contributed by atoms with Crippen LogP contribution in [0.3, 0.4) is 0 Å². The molecule has 0 saturated heterocycles. The lowest BCUT2D eigenvalue weighted by molar-refractivity contribution is -0.116. The molecule has 0 radical (unpaired) electrons. The van der Waals surface area contributed by atoms with Crippen LogP contribution in [0.1, 0.15) is 5.56 Å². The van der Waals surface area contributed by atoms with Crippen LogP contribution in [0, 0.1) is 0 Å². The smallest absolute Gasteiger partial charge is 0.152 e. The molecule has 1 aromatic carbocycles. The number of anilines is 1. The second-order valence-corrected chi connectivity index (χ2v) is 4.00. The predicted molar refractivity (Wildman–Crippen MR) is 62.1 cm³/mol. The number of benzene rings is 1. The van der Waals surface area contributed by atoms with Crippen molar-refractivity contribution in [3.8, 4) is 0 Å². The lowest BCUT2D eigenvalue weighted by Crippen LogP contribution is -2.06. The molecule has 4 heteroatoms. The maximum atomic E-state index is 11.1. The number of carbonyl (C=O) groups excluding carboxylic acids is 1. The molecule has 0 aliphatic carbocycles. The normalized spacial score (nSPS) is 10.1. The standard InChI is InChI=1S/C10H12ClNOS/c1-14-9-4-2-3-7(10(9)12)5-8(13)6-11/h2-4H,5-6,12H2,1H3. The third kappa shape index (κ3) is 2.66. The summed E-state index contributed by atoms with van der Waals surface area (Å²) in [6.45, 7) is 0. The number of para-hydroxylation sites is 1. The number of nitrogens with two attached hydrogens (primary N) is 1. The number of thioether (sulfide) groups is 1. The predicted octanol–water partition coefficient (Wildman–Crippen LogP) is 2.34. The van der Waals surface area contributed by atoms with E-state index in [2.05, 4.69) is 0 Å². The zero-order valence-electron chi connectivity index (χ0n) is 7.92. The fourth-order valence-electron chi connectivity index (χ4n) is 1.18. The van der Waals surface area contributed by atoms with E-state index in [4.69, 9.17) is 17.3 Å². The molecule has 0 atom stereocenters. The highest BCUT2D eigenvalue weighted by Gasteiger charge is 2.07. The maximum absolute atomic E-state index is 11.1. The molecule has 0 fully saturated rings. The van der Waals surface area contributed by atoms with Crippen LogP contribution in [0.5, 0.6) is 0 Å². The molecular weight excluding hydrogens is 218 g/mol. The maximum Gasteiger partial charge on any atom is 0.152 e. The molecule has 0 heterocycles. The molecule has 0 saturated carbocycles. The minimum absolute atomic E-state index is 0.00313. The van der Waals surface area contributed by atoms with Gasteiger partial charge < -0.3 is 5.73 Å². The van der Waals surface area contributed by atoms with Crippen LogP contribution in [0.4, 0.5) is 5.69 Å². The van der Waals surface area contributed by atoms with Crippen molar-refractivity contribution in [1.29, 1.82) is 0 Å². The number of hydrogen-bond donors (Lipinski definition) is 1. The number of carbonyl (C=O) groups is 1. The van der Waals surface area contributed by atoms with Crippen molar-refractivity contribution in [3.63, 3.8) is 0 Å². The quantitative estimate of drug-likeness (QED) is 0.490. The summed E-state index contributed by atoms with van der Waals surface area (Å²) in [6, 6.07) is 5.70. The third-order valence-electron chi connectivity index (χ3n) is 1.91. The first-order valence-electron chi connectivity index (χ1n) is 4.18. The summed E-state index contributed by atoms with van der Waals surface area (Å²) in [4.78, 5) is 12.1. The Morgan fingerprint density at radius 1 is 1.57 bits per heavy atom. The zero-order chi connectivity index (χ0) is 10.6. The van der Waals surface area contributed by atoms with Gasteiger partial charge in [-0.25, -0.2) is 0 Å². The number of rotatable bonds is 4. The van der Waals surface area contributed by atoms with Gasteiger partial charge in [0.25, 0.3) is 0 Å². The average Bonchev–Trinajstić information content (AvgIpc) is 2.21. The fraction of sp³-hybridized carbons (Fsp3) is 0.300. The third-order valence-corrected chi connectivity index (χ3v) is 3.01. The molecule has 1 aromatic rings. The number of halogens is 1. The number of ketones is 1. The van der Waals surface area contributed by atoms with Gasteiger partial charge in [-0.3, -0.25) is 4.79 Å². The van der Waals surface area contributed by atoms with Gasteiger partial charge in [-0.05, 0) is 17.9 Å². The molecule has 0 aliphatic rings. The van der Waals surface area contributed by atoms with Crippen molar-refractivity contribution < 1.29 is 4.79 Å². The minimum Gasteiger partial charge on any atom is -0.398 e. The van der Waals surface area contributed by atoms with E-state index < -0.39 is 0 Å². The first-order valence-corrected chi connectivity index (χ1v) is 5.94. The summed E-state index contributed by atoms with van der Waals surface area (Å²) in [7, 11) is 0. The molecule has 76 valence electrons. The summed E-state index contributed by atoms with van der Waals surface area (Å²) in [5, 5.41) is 0. The van der Waals surface area contributed by atoms with E-state index in [1.165, 1.54) is 0 Å². The van der Waals surface area contributed by atoms with Crippen molar-refractivity contribution in [1.82, 2.24) is 0 Å². The summed E-state index contributed by atoms with van der Waals surface area (Å²) in [5.74, 6) is 0.0414. The fourth-order valence-corrected chi connectivity index (χ4v) is 1.84. The largest absolute Gasteiger partial charge is 0.398 e. The number of Topliss-reactive ketones (excluding diaryl/α,β-unsaturated/α-hetero) is 1. The molecule has 0 spiro atoms. The lowest BCUT2D eigenvalue weighted by atomic mass is 10.1. The van der Waals surface area contributed by atoms with Crippen molar-refractivity contribution in [3.05, 3.63) is 23.8 Å². The SMILES string of the molecule is CSc1cccc(CC(=O)CCl)c1N. The summed E-state index contributed by atoms with van der Waals surface area (Å²) in [5.41, 5.74) is 7.44. The Hall–Kier alpha value is -0.670. The van der Waals surface area contributed by atoms with Gasteiger partial charge >= 0.3 is 0 Å². The van der Waals surface area contributed by atoms with Gasteiger partial charge in [0.1, 0.15) is 0 Å². The Morgan fingerprint density at radius 3 is 2.86 bits per heavy atom. The van der Waals surface area contributed by atoms with Crippen LogP contribution in [0.2, 0.25) is 0 Å². The van der Waals surface area contributed by atoms with Gasteiger partial charge in [0.05, 0.1) is 5.88 Å². The Labute approximate surface area is 92.8 Å². The van der Waals surface area contributed by atoms with E-state index in [0.29, 0.717) is 12.1 Å². The number of hydrogen-bond acceptors (Lipinski definition) is 3. The first kappa shape index (κ1) is 11.4. The Balaban J connectivity index is 2.92. The van der Waals surface area contributed by atoms with Crippen LogP contribution in [0.25, 0.3) is 0 Å². The highest BCUT2D eigenvalue weighted by molar-refractivity contribution is 7.98. The molecule has 2 N–H and O–H groups in total. The minimum atomic E-state index is -0.00313. The summed E-state index contributed by atoms with van der Waals surface area (Å²) in [6.07, 6.45) is 2.28. The molecule has 14 heavy (non-hydrogen) atoms. The van der Waals surface area contributed by atoms with Crippen LogP contribution < -0.4 is 5.73 Å². The van der Waals surface area contributed by atoms with Crippen LogP contribution in [0.15, 0.2) is 23.1 Å². The van der Waals surface area contributed by atoms with Gasteiger partial charge in [-0.1, -0.05) is 12.1 Å². The lowest BCUT2D eigenvalue weighted by Gasteiger charge is -2.07.